The Kier molecular flexibility index (Phi) is 6.48. The Morgan fingerprint density at radius 3 is 2.72 bits per heavy atom. The first-order valence-electron chi connectivity index (χ1n) is 9.37. The molecule has 166 valence electrons. The van der Waals surface area contributed by atoms with Crippen LogP contribution < -0.4 is 11.2 Å². The van der Waals surface area contributed by atoms with Crippen molar-refractivity contribution in [1.82, 2.24) is 20.4 Å². The molecular formula is C19H18N6O4S3. The maximum atomic E-state index is 12.8. The molecule has 0 aliphatic carbocycles. The third kappa shape index (κ3) is 4.23. The van der Waals surface area contributed by atoms with Crippen LogP contribution in [0.15, 0.2) is 51.0 Å². The van der Waals surface area contributed by atoms with Gasteiger partial charge in [0.25, 0.3) is 11.8 Å². The molecule has 13 heteroatoms. The van der Waals surface area contributed by atoms with Gasteiger partial charge >= 0.3 is 5.97 Å². The zero-order valence-electron chi connectivity index (χ0n) is 16.7. The highest BCUT2D eigenvalue weighted by Crippen LogP contribution is 2.41. The van der Waals surface area contributed by atoms with Crippen molar-refractivity contribution in [2.45, 2.75) is 22.7 Å². The van der Waals surface area contributed by atoms with E-state index < -0.39 is 29.2 Å². The number of β-lactam (4-membered cyclic amide) rings is 1. The minimum absolute atomic E-state index is 0.00361. The van der Waals surface area contributed by atoms with Gasteiger partial charge in [-0.2, -0.15) is 5.10 Å². The molecular weight excluding hydrogens is 472 g/mol. The maximum Gasteiger partial charge on any atom is 0.352 e. The quantitative estimate of drug-likeness (QED) is 0.170. The van der Waals surface area contributed by atoms with Crippen LogP contribution in [0.5, 0.6) is 0 Å². The van der Waals surface area contributed by atoms with Crippen LogP contribution in [0.3, 0.4) is 0 Å². The van der Waals surface area contributed by atoms with Gasteiger partial charge in [-0.05, 0) is 12.5 Å². The third-order valence-electron chi connectivity index (χ3n) is 4.81. The standard InChI is InChI=1S/C19H18N6O4S3/c1-9-23-24-19(32-9)31-8-11-7-30-17-13(16(27)25(17)14(11)18(28)29)21-15(26)12(22-20)10-5-3-2-4-6-10/h2-6,13,17H,7-8,20H2,1H3,(H,21,26)(H,28,29)/t13?,17-/m0/s1. The molecule has 1 aromatic carbocycles. The van der Waals surface area contributed by atoms with Gasteiger partial charge in [0.15, 0.2) is 10.1 Å². The first-order valence-corrected chi connectivity index (χ1v) is 12.2. The van der Waals surface area contributed by atoms with Crippen molar-refractivity contribution >= 4 is 58.4 Å². The first-order chi connectivity index (χ1) is 15.4. The number of amides is 2. The van der Waals surface area contributed by atoms with E-state index in [1.165, 1.54) is 39.8 Å². The summed E-state index contributed by atoms with van der Waals surface area (Å²) in [6.45, 7) is 1.84. The summed E-state index contributed by atoms with van der Waals surface area (Å²) in [6.07, 6.45) is 0. The lowest BCUT2D eigenvalue weighted by Crippen LogP contribution is -2.71. The molecule has 2 aliphatic rings. The lowest BCUT2D eigenvalue weighted by molar-refractivity contribution is -0.150. The van der Waals surface area contributed by atoms with Crippen LogP contribution >= 0.6 is 34.9 Å². The molecule has 0 radical (unpaired) electrons. The second kappa shape index (κ2) is 9.30. The van der Waals surface area contributed by atoms with Crippen LogP contribution in [0.2, 0.25) is 0 Å². The Bertz CT molecular complexity index is 1130. The Morgan fingerprint density at radius 1 is 1.34 bits per heavy atom. The molecule has 32 heavy (non-hydrogen) atoms. The van der Waals surface area contributed by atoms with Crippen LogP contribution in [-0.2, 0) is 14.4 Å². The molecule has 1 saturated heterocycles. The van der Waals surface area contributed by atoms with E-state index in [1.54, 1.807) is 30.3 Å². The number of fused-ring (bicyclic) bond motifs is 1. The summed E-state index contributed by atoms with van der Waals surface area (Å²) >= 11 is 4.22. The lowest BCUT2D eigenvalue weighted by atomic mass is 10.0. The molecule has 3 heterocycles. The fraction of sp³-hybridized carbons (Fsp3) is 0.263. The van der Waals surface area contributed by atoms with Gasteiger partial charge in [0.05, 0.1) is 0 Å². The van der Waals surface area contributed by atoms with Crippen LogP contribution in [0, 0.1) is 6.92 Å². The first kappa shape index (κ1) is 22.3. The number of aromatic nitrogens is 2. The minimum atomic E-state index is -1.18. The van der Waals surface area contributed by atoms with Gasteiger partial charge in [-0.3, -0.25) is 14.5 Å². The predicted molar refractivity (Wildman–Crippen MR) is 122 cm³/mol. The normalized spacial score (nSPS) is 20.6. The van der Waals surface area contributed by atoms with Crippen molar-refractivity contribution in [2.75, 3.05) is 11.5 Å². The van der Waals surface area contributed by atoms with Crippen LogP contribution in [-0.4, -0.2) is 66.6 Å². The number of carbonyl (C=O) groups is 3. The van der Waals surface area contributed by atoms with Crippen molar-refractivity contribution in [3.63, 3.8) is 0 Å². The average molecular weight is 491 g/mol. The third-order valence-corrected chi connectivity index (χ3v) is 8.20. The van der Waals surface area contributed by atoms with Gasteiger partial charge < -0.3 is 16.3 Å². The van der Waals surface area contributed by atoms with E-state index in [0.717, 1.165) is 9.35 Å². The molecule has 4 rings (SSSR count). The zero-order chi connectivity index (χ0) is 22.8. The van der Waals surface area contributed by atoms with Crippen molar-refractivity contribution in [1.29, 1.82) is 0 Å². The molecule has 0 bridgehead atoms. The number of carbonyl (C=O) groups excluding carboxylic acids is 2. The fourth-order valence-corrected chi connectivity index (χ4v) is 6.65. The van der Waals surface area contributed by atoms with Crippen LogP contribution in [0.1, 0.15) is 10.6 Å². The Labute approximate surface area is 195 Å². The van der Waals surface area contributed by atoms with E-state index in [9.17, 15) is 19.5 Å². The summed E-state index contributed by atoms with van der Waals surface area (Å²) in [5.41, 5.74) is 1.11. The van der Waals surface area contributed by atoms with E-state index in [4.69, 9.17) is 5.84 Å². The molecule has 2 amide bonds. The maximum absolute atomic E-state index is 12.8. The second-order valence-corrected chi connectivity index (χ2v) is 10.3. The molecule has 2 aliphatic heterocycles. The number of nitrogens with one attached hydrogen (secondary N) is 1. The van der Waals surface area contributed by atoms with Crippen molar-refractivity contribution in [2.24, 2.45) is 10.9 Å². The molecule has 1 fully saturated rings. The fourth-order valence-electron chi connectivity index (χ4n) is 3.35. The van der Waals surface area contributed by atoms with Crippen LogP contribution in [0.25, 0.3) is 0 Å². The number of carboxylic acids is 1. The smallest absolute Gasteiger partial charge is 0.352 e. The molecule has 10 nitrogen and oxygen atoms in total. The number of hydrazone groups is 1. The highest BCUT2D eigenvalue weighted by Gasteiger charge is 2.54. The van der Waals surface area contributed by atoms with E-state index in [1.807, 2.05) is 6.92 Å². The van der Waals surface area contributed by atoms with Gasteiger partial charge in [0.2, 0.25) is 0 Å². The highest BCUT2D eigenvalue weighted by atomic mass is 32.2. The second-order valence-electron chi connectivity index (χ2n) is 6.84. The number of nitrogens with two attached hydrogens (primary N) is 1. The molecule has 1 aromatic heterocycles. The summed E-state index contributed by atoms with van der Waals surface area (Å²) in [6, 6.07) is 7.79. The number of thioether (sulfide) groups is 2. The highest BCUT2D eigenvalue weighted by molar-refractivity contribution is 8.01. The number of carboxylic acid groups (broad SMARTS) is 1. The van der Waals surface area contributed by atoms with Gasteiger partial charge in [-0.1, -0.05) is 53.4 Å². The molecule has 4 N–H and O–H groups in total. The van der Waals surface area contributed by atoms with Crippen molar-refractivity contribution in [3.05, 3.63) is 52.2 Å². The van der Waals surface area contributed by atoms with Gasteiger partial charge in [0.1, 0.15) is 22.1 Å². The summed E-state index contributed by atoms with van der Waals surface area (Å²) in [7, 11) is 0. The lowest BCUT2D eigenvalue weighted by Gasteiger charge is -2.49. The average Bonchev–Trinajstić information content (AvgIpc) is 3.21. The number of benzene rings is 1. The Hall–Kier alpha value is -2.90. The minimum Gasteiger partial charge on any atom is -0.477 e. The number of nitrogens with zero attached hydrogens (tertiary/aromatic N) is 4. The molecule has 1 unspecified atom stereocenters. The summed E-state index contributed by atoms with van der Waals surface area (Å²) in [5, 5.41) is 24.3. The molecule has 2 aromatic rings. The SMILES string of the molecule is Cc1nnc(SCC2=C(C(=O)O)N3C(=O)C(NC(=O)C(=NN)c4ccccc4)[C@@H]3SC2)s1. The summed E-state index contributed by atoms with van der Waals surface area (Å²) in [5.74, 6) is 3.96. The topological polar surface area (TPSA) is 151 Å². The van der Waals surface area contributed by atoms with Gasteiger partial charge in [-0.25, -0.2) is 4.79 Å². The predicted octanol–water partition coefficient (Wildman–Crippen LogP) is 1.04. The largest absolute Gasteiger partial charge is 0.477 e. The van der Waals surface area contributed by atoms with E-state index >= 15 is 0 Å². The zero-order valence-corrected chi connectivity index (χ0v) is 19.2. The van der Waals surface area contributed by atoms with E-state index in [-0.39, 0.29) is 11.4 Å². The number of hydrogen-bond donors (Lipinski definition) is 3. The molecule has 0 spiro atoms. The van der Waals surface area contributed by atoms with Crippen molar-refractivity contribution in [3.8, 4) is 0 Å². The summed E-state index contributed by atoms with van der Waals surface area (Å²) in [4.78, 5) is 38.7. The monoisotopic (exact) mass is 490 g/mol. The number of aliphatic carboxylic acids is 1. The number of aryl methyl sites for hydroxylation is 1. The van der Waals surface area contributed by atoms with E-state index in [2.05, 4.69) is 20.6 Å². The van der Waals surface area contributed by atoms with Crippen molar-refractivity contribution < 1.29 is 19.5 Å². The number of rotatable bonds is 7. The summed E-state index contributed by atoms with van der Waals surface area (Å²) < 4.78 is 0.737. The van der Waals surface area contributed by atoms with Gasteiger partial charge in [-0.15, -0.1) is 22.0 Å². The molecule has 0 saturated carbocycles. The Balaban J connectivity index is 1.48. The Morgan fingerprint density at radius 2 is 2.09 bits per heavy atom. The number of hydrogen-bond acceptors (Lipinski definition) is 10. The van der Waals surface area contributed by atoms with E-state index in [0.29, 0.717) is 22.6 Å². The van der Waals surface area contributed by atoms with Gasteiger partial charge in [0, 0.05) is 17.1 Å². The molecule has 2 atom stereocenters. The van der Waals surface area contributed by atoms with Crippen LogP contribution in [0.4, 0.5) is 0 Å².